The smallest absolute Gasteiger partial charge is 0.255 e. The lowest BCUT2D eigenvalue weighted by atomic mass is 10.1. The molecule has 1 amide bonds. The molecule has 0 bridgehead atoms. The highest BCUT2D eigenvalue weighted by Crippen LogP contribution is 2.21. The number of fused-ring (bicyclic) bond motifs is 1. The number of aromatic hydroxyl groups is 1. The molecular formula is C15H13NO3. The third-order valence-corrected chi connectivity index (χ3v) is 3.11. The van der Waals surface area contributed by atoms with Gasteiger partial charge in [0, 0.05) is 11.3 Å². The Bertz CT molecular complexity index is 620. The van der Waals surface area contributed by atoms with E-state index in [0.717, 1.165) is 11.1 Å². The van der Waals surface area contributed by atoms with Gasteiger partial charge in [0.25, 0.3) is 5.91 Å². The number of hydrogen-bond acceptors (Lipinski definition) is 3. The lowest BCUT2D eigenvalue weighted by Gasteiger charge is -2.06. The Hall–Kier alpha value is -2.33. The van der Waals surface area contributed by atoms with Gasteiger partial charge in [-0.2, -0.15) is 0 Å². The second kappa shape index (κ2) is 4.74. The fraction of sp³-hybridized carbons (Fsp3) is 0.133. The number of rotatable bonds is 2. The minimum Gasteiger partial charge on any atom is -0.508 e. The molecule has 96 valence electrons. The van der Waals surface area contributed by atoms with Gasteiger partial charge in [-0.25, -0.2) is 0 Å². The zero-order chi connectivity index (χ0) is 13.2. The van der Waals surface area contributed by atoms with Gasteiger partial charge >= 0.3 is 0 Å². The van der Waals surface area contributed by atoms with E-state index in [2.05, 4.69) is 5.32 Å². The highest BCUT2D eigenvalue weighted by atomic mass is 16.5. The Labute approximate surface area is 110 Å². The Kier molecular flexibility index (Phi) is 2.93. The Balaban J connectivity index is 1.78. The monoisotopic (exact) mass is 255 g/mol. The SMILES string of the molecule is O=C(Nc1ccc(O)cc1)c1ccc2c(c1)COC2. The van der Waals surface area contributed by atoms with Crippen LogP contribution in [0.3, 0.4) is 0 Å². The van der Waals surface area contributed by atoms with Gasteiger partial charge < -0.3 is 15.2 Å². The lowest BCUT2D eigenvalue weighted by molar-refractivity contribution is 0.102. The molecule has 0 saturated heterocycles. The topological polar surface area (TPSA) is 58.6 Å². The molecule has 4 heteroatoms. The summed E-state index contributed by atoms with van der Waals surface area (Å²) < 4.78 is 5.32. The molecule has 3 rings (SSSR count). The zero-order valence-corrected chi connectivity index (χ0v) is 10.2. The molecule has 0 aromatic heterocycles. The van der Waals surface area contributed by atoms with Crippen LogP contribution in [0.15, 0.2) is 42.5 Å². The lowest BCUT2D eigenvalue weighted by Crippen LogP contribution is -2.12. The van der Waals surface area contributed by atoms with Crippen molar-refractivity contribution in [3.05, 3.63) is 59.2 Å². The molecule has 0 aliphatic carbocycles. The minimum absolute atomic E-state index is 0.166. The second-order valence-electron chi connectivity index (χ2n) is 4.48. The summed E-state index contributed by atoms with van der Waals surface area (Å²) in [7, 11) is 0. The van der Waals surface area contributed by atoms with Crippen molar-refractivity contribution < 1.29 is 14.6 Å². The number of benzene rings is 2. The number of phenolic OH excluding ortho intramolecular Hbond substituents is 1. The first-order chi connectivity index (χ1) is 9.22. The van der Waals surface area contributed by atoms with E-state index in [-0.39, 0.29) is 11.7 Å². The molecule has 0 spiro atoms. The van der Waals surface area contributed by atoms with Crippen LogP contribution in [0.2, 0.25) is 0 Å². The van der Waals surface area contributed by atoms with Crippen LogP contribution in [0.5, 0.6) is 5.75 Å². The van der Waals surface area contributed by atoms with Gasteiger partial charge in [0.1, 0.15) is 5.75 Å². The maximum Gasteiger partial charge on any atom is 0.255 e. The second-order valence-corrected chi connectivity index (χ2v) is 4.48. The van der Waals surface area contributed by atoms with Crippen molar-refractivity contribution in [2.45, 2.75) is 13.2 Å². The third kappa shape index (κ3) is 2.44. The summed E-state index contributed by atoms with van der Waals surface area (Å²) in [6.45, 7) is 1.19. The van der Waals surface area contributed by atoms with Gasteiger partial charge in [-0.3, -0.25) is 4.79 Å². The van der Waals surface area contributed by atoms with E-state index in [4.69, 9.17) is 4.74 Å². The molecule has 4 nitrogen and oxygen atoms in total. The minimum atomic E-state index is -0.166. The van der Waals surface area contributed by atoms with Crippen molar-refractivity contribution in [2.75, 3.05) is 5.32 Å². The number of hydrogen-bond donors (Lipinski definition) is 2. The van der Waals surface area contributed by atoms with Crippen molar-refractivity contribution in [3.63, 3.8) is 0 Å². The normalized spacial score (nSPS) is 13.1. The molecule has 0 saturated carbocycles. The van der Waals surface area contributed by atoms with E-state index >= 15 is 0 Å². The number of anilines is 1. The van der Waals surface area contributed by atoms with Gasteiger partial charge in [0.2, 0.25) is 0 Å². The van der Waals surface area contributed by atoms with E-state index in [1.807, 2.05) is 12.1 Å². The largest absolute Gasteiger partial charge is 0.508 e. The molecule has 0 fully saturated rings. The van der Waals surface area contributed by atoms with Crippen LogP contribution in [0.4, 0.5) is 5.69 Å². The predicted octanol–water partition coefficient (Wildman–Crippen LogP) is 2.67. The van der Waals surface area contributed by atoms with Crippen LogP contribution in [0, 0.1) is 0 Å². The Morgan fingerprint density at radius 2 is 1.79 bits per heavy atom. The van der Waals surface area contributed by atoms with E-state index in [1.54, 1.807) is 18.2 Å². The molecule has 19 heavy (non-hydrogen) atoms. The van der Waals surface area contributed by atoms with Gasteiger partial charge in [0.05, 0.1) is 13.2 Å². The molecule has 1 heterocycles. The highest BCUT2D eigenvalue weighted by Gasteiger charge is 2.14. The number of phenols is 1. The maximum atomic E-state index is 12.1. The summed E-state index contributed by atoms with van der Waals surface area (Å²) in [6, 6.07) is 12.0. The summed E-state index contributed by atoms with van der Waals surface area (Å²) in [5.41, 5.74) is 3.47. The molecule has 2 aromatic rings. The number of carbonyl (C=O) groups is 1. The standard InChI is InChI=1S/C15H13NO3/c17-14-5-3-13(4-6-14)16-15(18)10-1-2-11-8-19-9-12(11)7-10/h1-7,17H,8-9H2,(H,16,18). The van der Waals surface area contributed by atoms with Crippen LogP contribution in [-0.4, -0.2) is 11.0 Å². The average Bonchev–Trinajstić information content (AvgIpc) is 2.88. The van der Waals surface area contributed by atoms with Gasteiger partial charge in [0.15, 0.2) is 0 Å². The Morgan fingerprint density at radius 1 is 1.05 bits per heavy atom. The number of carbonyl (C=O) groups excluding carboxylic acids is 1. The first-order valence-corrected chi connectivity index (χ1v) is 6.02. The maximum absolute atomic E-state index is 12.1. The summed E-state index contributed by atoms with van der Waals surface area (Å²) in [5.74, 6) is 0.00747. The highest BCUT2D eigenvalue weighted by molar-refractivity contribution is 6.04. The molecule has 2 N–H and O–H groups in total. The van der Waals surface area contributed by atoms with Crippen molar-refractivity contribution >= 4 is 11.6 Å². The molecule has 0 unspecified atom stereocenters. The van der Waals surface area contributed by atoms with Crippen LogP contribution in [0.25, 0.3) is 0 Å². The molecule has 0 radical (unpaired) electrons. The zero-order valence-electron chi connectivity index (χ0n) is 10.2. The quantitative estimate of drug-likeness (QED) is 0.811. The van der Waals surface area contributed by atoms with Crippen LogP contribution < -0.4 is 5.32 Å². The number of ether oxygens (including phenoxy) is 1. The fourth-order valence-corrected chi connectivity index (χ4v) is 2.06. The van der Waals surface area contributed by atoms with E-state index in [1.165, 1.54) is 12.1 Å². The third-order valence-electron chi connectivity index (χ3n) is 3.11. The van der Waals surface area contributed by atoms with Gasteiger partial charge in [-0.1, -0.05) is 6.07 Å². The van der Waals surface area contributed by atoms with Crippen LogP contribution >= 0.6 is 0 Å². The van der Waals surface area contributed by atoms with Crippen molar-refractivity contribution in [3.8, 4) is 5.75 Å². The number of amides is 1. The fourth-order valence-electron chi connectivity index (χ4n) is 2.06. The average molecular weight is 255 g/mol. The first kappa shape index (κ1) is 11.7. The van der Waals surface area contributed by atoms with Gasteiger partial charge in [-0.05, 0) is 47.5 Å². The summed E-state index contributed by atoms with van der Waals surface area (Å²) in [6.07, 6.45) is 0. The van der Waals surface area contributed by atoms with Crippen LogP contribution in [0.1, 0.15) is 21.5 Å². The van der Waals surface area contributed by atoms with Crippen molar-refractivity contribution in [1.82, 2.24) is 0 Å². The Morgan fingerprint density at radius 3 is 2.58 bits per heavy atom. The van der Waals surface area contributed by atoms with E-state index in [0.29, 0.717) is 24.5 Å². The van der Waals surface area contributed by atoms with E-state index in [9.17, 15) is 9.90 Å². The summed E-state index contributed by atoms with van der Waals surface area (Å²) in [5, 5.41) is 12.0. The summed E-state index contributed by atoms with van der Waals surface area (Å²) in [4.78, 5) is 12.1. The molecule has 1 aliphatic heterocycles. The first-order valence-electron chi connectivity index (χ1n) is 6.02. The molecule has 2 aromatic carbocycles. The van der Waals surface area contributed by atoms with E-state index < -0.39 is 0 Å². The van der Waals surface area contributed by atoms with Crippen molar-refractivity contribution in [1.29, 1.82) is 0 Å². The summed E-state index contributed by atoms with van der Waals surface area (Å²) >= 11 is 0. The molecule has 1 aliphatic rings. The van der Waals surface area contributed by atoms with Crippen molar-refractivity contribution in [2.24, 2.45) is 0 Å². The van der Waals surface area contributed by atoms with Crippen LogP contribution in [-0.2, 0) is 18.0 Å². The molecular weight excluding hydrogens is 242 g/mol. The molecule has 0 atom stereocenters. The predicted molar refractivity (Wildman–Crippen MR) is 71.0 cm³/mol. The van der Waals surface area contributed by atoms with Gasteiger partial charge in [-0.15, -0.1) is 0 Å². The number of nitrogens with one attached hydrogen (secondary N) is 1.